The summed E-state index contributed by atoms with van der Waals surface area (Å²) in [6, 6.07) is 8.49. The predicted octanol–water partition coefficient (Wildman–Crippen LogP) is 2.17. The lowest BCUT2D eigenvalue weighted by Gasteiger charge is -2.34. The number of hydrogen-bond acceptors (Lipinski definition) is 5. The lowest BCUT2D eigenvalue weighted by Crippen LogP contribution is -2.44. The minimum atomic E-state index is -0.552. The average Bonchev–Trinajstić information content (AvgIpc) is 2.88. The van der Waals surface area contributed by atoms with Crippen LogP contribution < -0.4 is 4.90 Å². The molecule has 1 aromatic rings. The molecule has 0 spiro atoms. The summed E-state index contributed by atoms with van der Waals surface area (Å²) in [5, 5.41) is 21.5. The molecule has 6 nitrogen and oxygen atoms in total. The van der Waals surface area contributed by atoms with Gasteiger partial charge >= 0.3 is 0 Å². The number of ether oxygens (including phenoxy) is 1. The molecule has 0 bridgehead atoms. The van der Waals surface area contributed by atoms with Crippen LogP contribution in [0.15, 0.2) is 30.3 Å². The Hall–Kier alpha value is -1.89. The highest BCUT2D eigenvalue weighted by atomic mass is 16.6. The van der Waals surface area contributed by atoms with E-state index >= 15 is 0 Å². The summed E-state index contributed by atoms with van der Waals surface area (Å²) >= 11 is 0. The van der Waals surface area contributed by atoms with Gasteiger partial charge in [0.1, 0.15) is 0 Å². The van der Waals surface area contributed by atoms with E-state index in [-0.39, 0.29) is 18.6 Å². The summed E-state index contributed by atoms with van der Waals surface area (Å²) in [6.07, 6.45) is 3.98. The van der Waals surface area contributed by atoms with Crippen molar-refractivity contribution >= 4 is 17.5 Å². The number of piperazine rings is 1. The van der Waals surface area contributed by atoms with Gasteiger partial charge in [-0.2, -0.15) is 4.74 Å². The highest BCUT2D eigenvalue weighted by molar-refractivity contribution is 5.95. The van der Waals surface area contributed by atoms with Crippen molar-refractivity contribution in [3.8, 4) is 0 Å². The van der Waals surface area contributed by atoms with Gasteiger partial charge in [-0.25, -0.2) is 0 Å². The second-order valence-corrected chi connectivity index (χ2v) is 8.14. The monoisotopic (exact) mass is 373 g/mol. The normalized spacial score (nSPS) is 23.6. The standard InChI is InChI=1S/C21H31N3O3/c1-21(2)16-19(24(26)20(21)27-15-14-25)9-6-17-4-7-18(8-5-17)23-12-10-22(3)11-13-23/h4-9,20,25H,10-16H2,1-3H3/b9-6+. The van der Waals surface area contributed by atoms with Crippen molar-refractivity contribution in [3.63, 3.8) is 0 Å². The summed E-state index contributed by atoms with van der Waals surface area (Å²) in [7, 11) is 2.16. The van der Waals surface area contributed by atoms with Crippen LogP contribution in [0, 0.1) is 10.6 Å². The summed E-state index contributed by atoms with van der Waals surface area (Å²) in [5.74, 6) is 0. The van der Waals surface area contributed by atoms with Crippen molar-refractivity contribution in [1.82, 2.24) is 4.90 Å². The molecule has 3 rings (SSSR count). The lowest BCUT2D eigenvalue weighted by molar-refractivity contribution is -0.564. The molecule has 1 saturated heterocycles. The van der Waals surface area contributed by atoms with E-state index in [0.29, 0.717) is 12.1 Å². The van der Waals surface area contributed by atoms with Gasteiger partial charge in [0.25, 0.3) is 6.23 Å². The zero-order valence-electron chi connectivity index (χ0n) is 16.6. The van der Waals surface area contributed by atoms with E-state index in [9.17, 15) is 5.21 Å². The van der Waals surface area contributed by atoms with Crippen LogP contribution in [0.1, 0.15) is 25.8 Å². The van der Waals surface area contributed by atoms with Gasteiger partial charge in [-0.1, -0.05) is 26.0 Å². The summed E-state index contributed by atoms with van der Waals surface area (Å²) in [4.78, 5) is 4.75. The Balaban J connectivity index is 1.66. The largest absolute Gasteiger partial charge is 0.622 e. The highest BCUT2D eigenvalue weighted by Gasteiger charge is 2.45. The van der Waals surface area contributed by atoms with Gasteiger partial charge in [0.15, 0.2) is 5.71 Å². The molecule has 1 atom stereocenters. The van der Waals surface area contributed by atoms with E-state index in [1.807, 2.05) is 26.0 Å². The lowest BCUT2D eigenvalue weighted by atomic mass is 9.88. The number of likely N-dealkylation sites (N-methyl/N-ethyl adjacent to an activating group) is 1. The summed E-state index contributed by atoms with van der Waals surface area (Å²) < 4.78 is 6.50. The first-order valence-electron chi connectivity index (χ1n) is 9.67. The molecule has 1 unspecified atom stereocenters. The van der Waals surface area contributed by atoms with E-state index < -0.39 is 6.23 Å². The second-order valence-electron chi connectivity index (χ2n) is 8.14. The quantitative estimate of drug-likeness (QED) is 0.612. The average molecular weight is 373 g/mol. The first kappa shape index (κ1) is 19.9. The third kappa shape index (κ3) is 4.69. The van der Waals surface area contributed by atoms with Crippen molar-refractivity contribution in [2.24, 2.45) is 5.41 Å². The molecular weight excluding hydrogens is 342 g/mol. The molecule has 0 aliphatic carbocycles. The van der Waals surface area contributed by atoms with Crippen LogP contribution in [0.2, 0.25) is 0 Å². The number of anilines is 1. The van der Waals surface area contributed by atoms with E-state index in [0.717, 1.165) is 36.5 Å². The Kier molecular flexibility index (Phi) is 6.19. The van der Waals surface area contributed by atoms with Crippen LogP contribution in [-0.2, 0) is 4.74 Å². The predicted molar refractivity (Wildman–Crippen MR) is 109 cm³/mol. The third-order valence-electron chi connectivity index (χ3n) is 5.40. The smallest absolute Gasteiger partial charge is 0.273 e. The van der Waals surface area contributed by atoms with Crippen LogP contribution >= 0.6 is 0 Å². The third-order valence-corrected chi connectivity index (χ3v) is 5.40. The van der Waals surface area contributed by atoms with Crippen LogP contribution in [0.25, 0.3) is 6.08 Å². The molecule has 148 valence electrons. The molecule has 1 aromatic carbocycles. The fourth-order valence-corrected chi connectivity index (χ4v) is 3.74. The van der Waals surface area contributed by atoms with Crippen molar-refractivity contribution in [1.29, 1.82) is 0 Å². The zero-order valence-corrected chi connectivity index (χ0v) is 16.6. The topological polar surface area (TPSA) is 62.0 Å². The van der Waals surface area contributed by atoms with Gasteiger partial charge in [0.2, 0.25) is 0 Å². The Morgan fingerprint density at radius 3 is 2.48 bits per heavy atom. The first-order valence-corrected chi connectivity index (χ1v) is 9.67. The second kappa shape index (κ2) is 8.42. The van der Waals surface area contributed by atoms with Crippen LogP contribution in [0.5, 0.6) is 0 Å². The maximum atomic E-state index is 12.5. The zero-order chi connectivity index (χ0) is 19.4. The van der Waals surface area contributed by atoms with Crippen LogP contribution in [0.3, 0.4) is 0 Å². The number of benzene rings is 1. The fraction of sp³-hybridized carbons (Fsp3) is 0.571. The van der Waals surface area contributed by atoms with Gasteiger partial charge < -0.3 is 24.9 Å². The van der Waals surface area contributed by atoms with Crippen molar-refractivity contribution < 1.29 is 14.6 Å². The SMILES string of the molecule is CN1CCN(c2ccc(/C=C/C3=[N+]([O-])C(OCCO)C(C)(C)C3)cc2)CC1. The van der Waals surface area contributed by atoms with Crippen LogP contribution in [0.4, 0.5) is 5.69 Å². The fourth-order valence-electron chi connectivity index (χ4n) is 3.74. The van der Waals surface area contributed by atoms with Gasteiger partial charge in [-0.15, -0.1) is 0 Å². The molecule has 0 radical (unpaired) electrons. The van der Waals surface area contributed by atoms with E-state index in [4.69, 9.17) is 9.84 Å². The Labute approximate surface area is 161 Å². The Bertz CT molecular complexity index is 689. The van der Waals surface area contributed by atoms with Gasteiger partial charge in [-0.05, 0) is 30.8 Å². The Morgan fingerprint density at radius 2 is 1.85 bits per heavy atom. The molecule has 1 fully saturated rings. The summed E-state index contributed by atoms with van der Waals surface area (Å²) in [6.45, 7) is 8.43. The van der Waals surface area contributed by atoms with E-state index in [1.165, 1.54) is 5.69 Å². The molecule has 0 saturated carbocycles. The molecule has 6 heteroatoms. The van der Waals surface area contributed by atoms with Gasteiger partial charge in [0, 0.05) is 44.4 Å². The maximum Gasteiger partial charge on any atom is 0.273 e. The van der Waals surface area contributed by atoms with Crippen molar-refractivity contribution in [2.75, 3.05) is 51.3 Å². The molecule has 2 aliphatic heterocycles. The highest BCUT2D eigenvalue weighted by Crippen LogP contribution is 2.34. The molecule has 1 N–H and O–H groups in total. The van der Waals surface area contributed by atoms with Gasteiger partial charge in [-0.3, -0.25) is 0 Å². The van der Waals surface area contributed by atoms with Crippen LogP contribution in [-0.4, -0.2) is 73.1 Å². The minimum absolute atomic E-state index is 0.0781. The van der Waals surface area contributed by atoms with E-state index in [2.05, 4.69) is 41.1 Å². The first-order chi connectivity index (χ1) is 12.9. The summed E-state index contributed by atoms with van der Waals surface area (Å²) in [5.41, 5.74) is 2.76. The number of hydrogen-bond donors (Lipinski definition) is 1. The number of aliphatic hydroxyl groups excluding tert-OH is 1. The van der Waals surface area contributed by atoms with Crippen molar-refractivity contribution in [2.45, 2.75) is 26.5 Å². The number of hydroxylamine groups is 1. The number of nitrogens with zero attached hydrogens (tertiary/aromatic N) is 3. The molecule has 2 aliphatic rings. The van der Waals surface area contributed by atoms with E-state index in [1.54, 1.807) is 0 Å². The van der Waals surface area contributed by atoms with Crippen molar-refractivity contribution in [3.05, 3.63) is 41.1 Å². The molecule has 27 heavy (non-hydrogen) atoms. The Morgan fingerprint density at radius 1 is 1.19 bits per heavy atom. The number of aliphatic hydroxyl groups is 1. The number of rotatable bonds is 6. The van der Waals surface area contributed by atoms with Gasteiger partial charge in [0.05, 0.1) is 18.6 Å². The molecule has 0 aromatic heterocycles. The number of allylic oxidation sites excluding steroid dienone is 1. The molecule has 2 heterocycles. The molecule has 0 amide bonds. The maximum absolute atomic E-state index is 12.5. The minimum Gasteiger partial charge on any atom is -0.622 e. The molecular formula is C21H31N3O3.